The second kappa shape index (κ2) is 7.40. The molecule has 0 radical (unpaired) electrons. The molecule has 1 atom stereocenters. The van der Waals surface area contributed by atoms with E-state index in [1.807, 2.05) is 18.7 Å². The third-order valence-electron chi connectivity index (χ3n) is 4.14. The maximum absolute atomic E-state index is 12.4. The van der Waals surface area contributed by atoms with Gasteiger partial charge in [-0.1, -0.05) is 0 Å². The van der Waals surface area contributed by atoms with Gasteiger partial charge in [0.15, 0.2) is 0 Å². The van der Waals surface area contributed by atoms with Gasteiger partial charge in [0.25, 0.3) is 0 Å². The Morgan fingerprint density at radius 1 is 1.45 bits per heavy atom. The number of amides is 1. The molecule has 0 unspecified atom stereocenters. The van der Waals surface area contributed by atoms with Gasteiger partial charge in [-0.05, 0) is 39.3 Å². The highest BCUT2D eigenvalue weighted by molar-refractivity contribution is 5.79. The normalized spacial score (nSPS) is 19.1. The lowest BCUT2D eigenvalue weighted by atomic mass is 9.96. The Labute approximate surface area is 130 Å². The van der Waals surface area contributed by atoms with Crippen molar-refractivity contribution in [2.45, 2.75) is 33.2 Å². The van der Waals surface area contributed by atoms with Crippen molar-refractivity contribution >= 4 is 11.8 Å². The summed E-state index contributed by atoms with van der Waals surface area (Å²) in [5, 5.41) is 10.6. The van der Waals surface area contributed by atoms with E-state index in [1.165, 1.54) is 6.07 Å². The van der Waals surface area contributed by atoms with Gasteiger partial charge in [0.2, 0.25) is 5.91 Å². The van der Waals surface area contributed by atoms with Crippen molar-refractivity contribution in [3.63, 3.8) is 0 Å². The van der Waals surface area contributed by atoms with Crippen molar-refractivity contribution in [1.29, 1.82) is 0 Å². The van der Waals surface area contributed by atoms with Crippen molar-refractivity contribution in [2.75, 3.05) is 26.2 Å². The summed E-state index contributed by atoms with van der Waals surface area (Å²) in [6, 6.07) is 3.01. The van der Waals surface area contributed by atoms with Gasteiger partial charge in [0, 0.05) is 19.6 Å². The average molecular weight is 309 g/mol. The topological polar surface area (TPSA) is 79.8 Å². The van der Waals surface area contributed by atoms with Crippen molar-refractivity contribution in [1.82, 2.24) is 9.80 Å². The smallest absolute Gasteiger partial charge is 0.404 e. The predicted molar refractivity (Wildman–Crippen MR) is 81.3 cm³/mol. The van der Waals surface area contributed by atoms with Gasteiger partial charge >= 0.3 is 5.88 Å². The lowest BCUT2D eigenvalue weighted by Crippen LogP contribution is -2.44. The first kappa shape index (κ1) is 16.5. The zero-order chi connectivity index (χ0) is 16.1. The summed E-state index contributed by atoms with van der Waals surface area (Å²) in [6.07, 6.45) is 1.87. The van der Waals surface area contributed by atoms with Gasteiger partial charge in [-0.3, -0.25) is 19.8 Å². The minimum Gasteiger partial charge on any atom is -0.404 e. The summed E-state index contributed by atoms with van der Waals surface area (Å²) in [4.78, 5) is 26.5. The van der Waals surface area contributed by atoms with E-state index in [-0.39, 0.29) is 17.7 Å². The number of nitrogens with zero attached hydrogens (tertiary/aromatic N) is 3. The van der Waals surface area contributed by atoms with E-state index in [0.29, 0.717) is 18.8 Å². The minimum absolute atomic E-state index is 0.0126. The fourth-order valence-corrected chi connectivity index (χ4v) is 2.96. The molecule has 0 aliphatic carbocycles. The quantitative estimate of drug-likeness (QED) is 0.595. The zero-order valence-corrected chi connectivity index (χ0v) is 13.2. The van der Waals surface area contributed by atoms with E-state index >= 15 is 0 Å². The number of likely N-dealkylation sites (tertiary alicyclic amines) is 1. The molecule has 1 saturated heterocycles. The number of nitro groups is 1. The lowest BCUT2D eigenvalue weighted by molar-refractivity contribution is -0.402. The van der Waals surface area contributed by atoms with Crippen LogP contribution in [0.3, 0.4) is 0 Å². The van der Waals surface area contributed by atoms with Gasteiger partial charge in [-0.25, -0.2) is 0 Å². The number of rotatable bonds is 6. The van der Waals surface area contributed by atoms with Crippen LogP contribution in [-0.4, -0.2) is 46.8 Å². The van der Waals surface area contributed by atoms with Crippen LogP contribution < -0.4 is 0 Å². The molecule has 22 heavy (non-hydrogen) atoms. The summed E-state index contributed by atoms with van der Waals surface area (Å²) >= 11 is 0. The minimum atomic E-state index is -0.535. The number of piperidine rings is 1. The molecule has 2 heterocycles. The van der Waals surface area contributed by atoms with E-state index in [1.54, 1.807) is 6.07 Å². The largest absolute Gasteiger partial charge is 0.433 e. The summed E-state index contributed by atoms with van der Waals surface area (Å²) in [5.74, 6) is 0.559. The summed E-state index contributed by atoms with van der Waals surface area (Å²) in [7, 11) is 0. The van der Waals surface area contributed by atoms with Crippen LogP contribution in [0.15, 0.2) is 16.5 Å². The highest BCUT2D eigenvalue weighted by Gasteiger charge is 2.28. The molecule has 7 nitrogen and oxygen atoms in total. The molecular formula is C15H23N3O4. The SMILES string of the molecule is CCN(CC)C(=O)[C@@H]1CCCN(Cc2ccc([N+](=O)[O-])o2)C1. The number of furan rings is 1. The number of carbonyl (C=O) groups is 1. The van der Waals surface area contributed by atoms with Crippen molar-refractivity contribution in [3.8, 4) is 0 Å². The van der Waals surface area contributed by atoms with Crippen molar-refractivity contribution < 1.29 is 14.1 Å². The van der Waals surface area contributed by atoms with Crippen LogP contribution in [0.5, 0.6) is 0 Å². The molecule has 0 N–H and O–H groups in total. The summed E-state index contributed by atoms with van der Waals surface area (Å²) < 4.78 is 5.20. The molecular weight excluding hydrogens is 286 g/mol. The van der Waals surface area contributed by atoms with E-state index in [0.717, 1.165) is 32.5 Å². The Morgan fingerprint density at radius 2 is 2.18 bits per heavy atom. The number of carbonyl (C=O) groups excluding carboxylic acids is 1. The van der Waals surface area contributed by atoms with Crippen LogP contribution >= 0.6 is 0 Å². The molecule has 0 aromatic carbocycles. The maximum atomic E-state index is 12.4. The fraction of sp³-hybridized carbons (Fsp3) is 0.667. The van der Waals surface area contributed by atoms with E-state index < -0.39 is 4.92 Å². The van der Waals surface area contributed by atoms with Gasteiger partial charge < -0.3 is 9.32 Å². The number of hydrogen-bond donors (Lipinski definition) is 0. The second-order valence-corrected chi connectivity index (χ2v) is 5.58. The monoisotopic (exact) mass is 309 g/mol. The van der Waals surface area contributed by atoms with E-state index in [4.69, 9.17) is 4.42 Å². The van der Waals surface area contributed by atoms with Crippen LogP contribution in [0.1, 0.15) is 32.4 Å². The van der Waals surface area contributed by atoms with Gasteiger partial charge in [0.05, 0.1) is 18.5 Å². The Bertz CT molecular complexity index is 525. The third-order valence-corrected chi connectivity index (χ3v) is 4.14. The molecule has 1 aromatic heterocycles. The van der Waals surface area contributed by atoms with E-state index in [9.17, 15) is 14.9 Å². The summed E-state index contributed by atoms with van der Waals surface area (Å²) in [5.41, 5.74) is 0. The fourth-order valence-electron chi connectivity index (χ4n) is 2.96. The van der Waals surface area contributed by atoms with E-state index in [2.05, 4.69) is 4.90 Å². The second-order valence-electron chi connectivity index (χ2n) is 5.58. The molecule has 7 heteroatoms. The van der Waals surface area contributed by atoms with Crippen LogP contribution in [0.25, 0.3) is 0 Å². The zero-order valence-electron chi connectivity index (χ0n) is 13.2. The molecule has 1 aliphatic heterocycles. The molecule has 1 aliphatic rings. The van der Waals surface area contributed by atoms with Crippen LogP contribution in [0.4, 0.5) is 5.88 Å². The molecule has 1 amide bonds. The van der Waals surface area contributed by atoms with Gasteiger partial charge in [0.1, 0.15) is 10.7 Å². The Kier molecular flexibility index (Phi) is 5.54. The highest BCUT2D eigenvalue weighted by atomic mass is 16.6. The van der Waals surface area contributed by atoms with Crippen LogP contribution in [-0.2, 0) is 11.3 Å². The Balaban J connectivity index is 1.95. The Morgan fingerprint density at radius 3 is 2.77 bits per heavy atom. The van der Waals surface area contributed by atoms with Crippen molar-refractivity contribution in [3.05, 3.63) is 28.0 Å². The highest BCUT2D eigenvalue weighted by Crippen LogP contribution is 2.23. The first-order valence-corrected chi connectivity index (χ1v) is 7.79. The summed E-state index contributed by atoms with van der Waals surface area (Å²) in [6.45, 7) is 7.52. The first-order chi connectivity index (χ1) is 10.5. The Hall–Kier alpha value is -1.89. The standard InChI is InChI=1S/C15H23N3O4/c1-3-17(4-2)15(19)12-6-5-9-16(10-12)11-13-7-8-14(22-13)18(20)21/h7-8,12H,3-6,9-11H2,1-2H3/t12-/m1/s1. The molecule has 1 fully saturated rings. The third kappa shape index (κ3) is 3.85. The van der Waals surface area contributed by atoms with Crippen LogP contribution in [0, 0.1) is 16.0 Å². The van der Waals surface area contributed by atoms with Crippen LogP contribution in [0.2, 0.25) is 0 Å². The molecule has 2 rings (SSSR count). The molecule has 0 saturated carbocycles. The predicted octanol–water partition coefficient (Wildman–Crippen LogP) is 2.27. The lowest BCUT2D eigenvalue weighted by Gasteiger charge is -2.34. The van der Waals surface area contributed by atoms with Gasteiger partial charge in [-0.15, -0.1) is 0 Å². The average Bonchev–Trinajstić information content (AvgIpc) is 2.97. The molecule has 0 spiro atoms. The molecule has 1 aromatic rings. The van der Waals surface area contributed by atoms with Gasteiger partial charge in [-0.2, -0.15) is 0 Å². The first-order valence-electron chi connectivity index (χ1n) is 7.79. The maximum Gasteiger partial charge on any atom is 0.433 e. The number of hydrogen-bond acceptors (Lipinski definition) is 5. The molecule has 122 valence electrons. The van der Waals surface area contributed by atoms with Crippen molar-refractivity contribution in [2.24, 2.45) is 5.92 Å². The molecule has 0 bridgehead atoms.